The number of aliphatic hydroxyl groups excluding tert-OH is 1. The second-order valence-corrected chi connectivity index (χ2v) is 6.14. The maximum Gasteiger partial charge on any atom is 0.0766 e. The number of nitrogens with zero attached hydrogens (tertiary/aromatic N) is 2. The van der Waals surface area contributed by atoms with Gasteiger partial charge in [-0.3, -0.25) is 4.68 Å². The lowest BCUT2D eigenvalue weighted by atomic mass is 9.95. The highest BCUT2D eigenvalue weighted by molar-refractivity contribution is 9.10. The van der Waals surface area contributed by atoms with Gasteiger partial charge in [0, 0.05) is 13.0 Å². The summed E-state index contributed by atoms with van der Waals surface area (Å²) < 4.78 is 3.11. The van der Waals surface area contributed by atoms with Gasteiger partial charge in [0.05, 0.1) is 22.0 Å². The van der Waals surface area contributed by atoms with E-state index in [1.165, 1.54) is 12.8 Å². The average Bonchev–Trinajstić information content (AvgIpc) is 3.16. The van der Waals surface area contributed by atoms with Gasteiger partial charge in [-0.2, -0.15) is 5.10 Å². The van der Waals surface area contributed by atoms with Gasteiger partial charge in [0.1, 0.15) is 0 Å². The van der Waals surface area contributed by atoms with Crippen LogP contribution in [0, 0.1) is 11.8 Å². The molecule has 0 spiro atoms. The van der Waals surface area contributed by atoms with Crippen LogP contribution in [0.1, 0.15) is 45.0 Å². The van der Waals surface area contributed by atoms with Crippen molar-refractivity contribution in [2.24, 2.45) is 11.8 Å². The number of aromatic nitrogens is 2. The molecule has 0 aromatic carbocycles. The molecule has 3 nitrogen and oxygen atoms in total. The zero-order valence-electron chi connectivity index (χ0n) is 11.5. The first-order chi connectivity index (χ1) is 8.58. The molecule has 0 radical (unpaired) electrons. The van der Waals surface area contributed by atoms with Crippen LogP contribution in [0.4, 0.5) is 0 Å². The van der Waals surface area contributed by atoms with E-state index in [4.69, 9.17) is 0 Å². The molecule has 1 fully saturated rings. The lowest BCUT2D eigenvalue weighted by Crippen LogP contribution is -2.23. The number of halogens is 1. The fourth-order valence-electron chi connectivity index (χ4n) is 2.53. The minimum atomic E-state index is -0.250. The van der Waals surface area contributed by atoms with E-state index in [-0.39, 0.29) is 6.10 Å². The lowest BCUT2D eigenvalue weighted by molar-refractivity contribution is 0.103. The van der Waals surface area contributed by atoms with Crippen LogP contribution < -0.4 is 0 Å². The third-order valence-corrected chi connectivity index (χ3v) is 4.98. The van der Waals surface area contributed by atoms with Gasteiger partial charge in [0.2, 0.25) is 0 Å². The van der Waals surface area contributed by atoms with Crippen molar-refractivity contribution in [3.8, 4) is 0 Å². The van der Waals surface area contributed by atoms with Gasteiger partial charge in [-0.1, -0.05) is 13.8 Å². The molecular weight excluding hydrogens is 292 g/mol. The zero-order valence-corrected chi connectivity index (χ0v) is 13.1. The molecule has 0 bridgehead atoms. The predicted octanol–water partition coefficient (Wildman–Crippen LogP) is 3.18. The van der Waals surface area contributed by atoms with E-state index < -0.39 is 0 Å². The fourth-order valence-corrected chi connectivity index (χ4v) is 3.26. The van der Waals surface area contributed by atoms with Crippen LogP contribution in [0.3, 0.4) is 0 Å². The fraction of sp³-hybridized carbons (Fsp3) is 0.786. The SMILES string of the molecule is CCc1nn(CC)c(CC(O)C(C)C2CC2)c1Br. The maximum atomic E-state index is 10.3. The molecule has 0 amide bonds. The van der Waals surface area contributed by atoms with Crippen LogP contribution in [0.2, 0.25) is 0 Å². The molecule has 1 saturated carbocycles. The van der Waals surface area contributed by atoms with Crippen molar-refractivity contribution < 1.29 is 5.11 Å². The highest BCUT2D eigenvalue weighted by Gasteiger charge is 2.33. The molecule has 1 N–H and O–H groups in total. The first-order valence-electron chi connectivity index (χ1n) is 7.00. The van der Waals surface area contributed by atoms with Gasteiger partial charge in [-0.05, 0) is 54.0 Å². The minimum absolute atomic E-state index is 0.250. The Morgan fingerprint density at radius 1 is 1.44 bits per heavy atom. The Kier molecular flexibility index (Phi) is 4.49. The minimum Gasteiger partial charge on any atom is -0.392 e. The molecule has 2 unspecified atom stereocenters. The summed E-state index contributed by atoms with van der Waals surface area (Å²) >= 11 is 3.64. The molecule has 2 atom stereocenters. The lowest BCUT2D eigenvalue weighted by Gasteiger charge is -2.19. The van der Waals surface area contributed by atoms with Crippen molar-refractivity contribution in [2.45, 2.75) is 59.1 Å². The summed E-state index contributed by atoms with van der Waals surface area (Å²) in [6.45, 7) is 7.24. The first-order valence-corrected chi connectivity index (χ1v) is 7.79. The van der Waals surface area contributed by atoms with Gasteiger partial charge < -0.3 is 5.11 Å². The summed E-state index contributed by atoms with van der Waals surface area (Å²) in [5.41, 5.74) is 2.24. The Bertz CT molecular complexity index is 412. The van der Waals surface area contributed by atoms with Crippen molar-refractivity contribution in [3.05, 3.63) is 15.9 Å². The van der Waals surface area contributed by atoms with E-state index in [1.807, 2.05) is 4.68 Å². The van der Waals surface area contributed by atoms with Crippen molar-refractivity contribution in [1.82, 2.24) is 9.78 Å². The quantitative estimate of drug-likeness (QED) is 0.875. The topological polar surface area (TPSA) is 38.0 Å². The van der Waals surface area contributed by atoms with Crippen molar-refractivity contribution in [1.29, 1.82) is 0 Å². The summed E-state index contributed by atoms with van der Waals surface area (Å²) in [5.74, 6) is 1.14. The van der Waals surface area contributed by atoms with Gasteiger partial charge in [0.25, 0.3) is 0 Å². The number of hydrogen-bond acceptors (Lipinski definition) is 2. The van der Waals surface area contributed by atoms with Crippen LogP contribution in [0.15, 0.2) is 4.47 Å². The van der Waals surface area contributed by atoms with Gasteiger partial charge in [0.15, 0.2) is 0 Å². The average molecular weight is 315 g/mol. The van der Waals surface area contributed by atoms with Crippen molar-refractivity contribution >= 4 is 15.9 Å². The monoisotopic (exact) mass is 314 g/mol. The molecule has 1 aromatic rings. The smallest absolute Gasteiger partial charge is 0.0766 e. The summed E-state index contributed by atoms with van der Waals surface area (Å²) in [7, 11) is 0. The molecule has 1 aliphatic carbocycles. The largest absolute Gasteiger partial charge is 0.392 e. The summed E-state index contributed by atoms with van der Waals surface area (Å²) in [6, 6.07) is 0. The van der Waals surface area contributed by atoms with E-state index in [0.29, 0.717) is 12.3 Å². The van der Waals surface area contributed by atoms with Crippen LogP contribution >= 0.6 is 15.9 Å². The van der Waals surface area contributed by atoms with E-state index in [0.717, 1.165) is 34.7 Å². The third kappa shape index (κ3) is 2.80. The maximum absolute atomic E-state index is 10.3. The molecule has 1 aliphatic rings. The molecule has 0 aliphatic heterocycles. The number of rotatable bonds is 6. The number of aliphatic hydroxyl groups is 1. The molecule has 4 heteroatoms. The molecular formula is C14H23BrN2O. The van der Waals surface area contributed by atoms with Crippen LogP contribution in [0.25, 0.3) is 0 Å². The van der Waals surface area contributed by atoms with E-state index >= 15 is 0 Å². The molecule has 1 heterocycles. The summed E-state index contributed by atoms with van der Waals surface area (Å²) in [5, 5.41) is 14.9. The molecule has 102 valence electrons. The Morgan fingerprint density at radius 2 is 2.11 bits per heavy atom. The van der Waals surface area contributed by atoms with Crippen LogP contribution in [-0.2, 0) is 19.4 Å². The van der Waals surface area contributed by atoms with Gasteiger partial charge in [-0.25, -0.2) is 0 Å². The second-order valence-electron chi connectivity index (χ2n) is 5.34. The Labute approximate surface area is 118 Å². The van der Waals surface area contributed by atoms with Gasteiger partial charge in [-0.15, -0.1) is 0 Å². The van der Waals surface area contributed by atoms with E-state index in [9.17, 15) is 5.11 Å². The zero-order chi connectivity index (χ0) is 13.3. The summed E-state index contributed by atoms with van der Waals surface area (Å²) in [6.07, 6.45) is 3.95. The molecule has 2 rings (SSSR count). The van der Waals surface area contributed by atoms with Gasteiger partial charge >= 0.3 is 0 Å². The third-order valence-electron chi connectivity index (χ3n) is 4.07. The summed E-state index contributed by atoms with van der Waals surface area (Å²) in [4.78, 5) is 0. The normalized spacial score (nSPS) is 18.9. The van der Waals surface area contributed by atoms with Crippen LogP contribution in [-0.4, -0.2) is 21.0 Å². The number of aryl methyl sites for hydroxylation is 2. The second kappa shape index (κ2) is 5.74. The Hall–Kier alpha value is -0.350. The Morgan fingerprint density at radius 3 is 2.61 bits per heavy atom. The van der Waals surface area contributed by atoms with Crippen molar-refractivity contribution in [3.63, 3.8) is 0 Å². The van der Waals surface area contributed by atoms with Crippen molar-refractivity contribution in [2.75, 3.05) is 0 Å². The highest BCUT2D eigenvalue weighted by atomic mass is 79.9. The standard InChI is InChI=1S/C14H23BrN2O/c1-4-11-14(15)12(17(5-2)16-11)8-13(18)9(3)10-6-7-10/h9-10,13,18H,4-8H2,1-3H3. The first kappa shape index (κ1) is 14.1. The Balaban J connectivity index is 2.13. The van der Waals surface area contributed by atoms with Crippen LogP contribution in [0.5, 0.6) is 0 Å². The molecule has 1 aromatic heterocycles. The van der Waals surface area contributed by atoms with E-state index in [2.05, 4.69) is 41.8 Å². The highest BCUT2D eigenvalue weighted by Crippen LogP contribution is 2.39. The molecule has 18 heavy (non-hydrogen) atoms. The van der Waals surface area contributed by atoms with E-state index in [1.54, 1.807) is 0 Å². The number of hydrogen-bond donors (Lipinski definition) is 1. The molecule has 0 saturated heterocycles. The predicted molar refractivity (Wildman–Crippen MR) is 76.6 cm³/mol.